The van der Waals surface area contributed by atoms with E-state index < -0.39 is 0 Å². The molecule has 146 valence electrons. The van der Waals surface area contributed by atoms with Crippen molar-refractivity contribution in [1.29, 1.82) is 0 Å². The largest absolute Gasteiger partial charge is 0.357 e. The van der Waals surface area contributed by atoms with Crippen molar-refractivity contribution in [2.24, 2.45) is 4.99 Å². The van der Waals surface area contributed by atoms with Crippen molar-refractivity contribution in [3.8, 4) is 0 Å². The third kappa shape index (κ3) is 6.68. The van der Waals surface area contributed by atoms with E-state index in [0.717, 1.165) is 56.6 Å². The van der Waals surface area contributed by atoms with Crippen LogP contribution in [-0.2, 0) is 6.54 Å². The molecule has 2 N–H and O–H groups in total. The average molecular weight is 379 g/mol. The predicted octanol–water partition coefficient (Wildman–Crippen LogP) is 2.03. The fraction of sp³-hybridized carbons (Fsp3) is 0.684. The van der Waals surface area contributed by atoms with Gasteiger partial charge in [-0.1, -0.05) is 6.07 Å². The summed E-state index contributed by atoms with van der Waals surface area (Å²) in [6.45, 7) is 13.2. The quantitative estimate of drug-likeness (QED) is 0.559. The van der Waals surface area contributed by atoms with Gasteiger partial charge in [-0.15, -0.1) is 0 Å². The number of anilines is 1. The maximum absolute atomic E-state index is 4.70. The number of likely N-dealkylation sites (N-methyl/N-ethyl adjacent to an activating group) is 1. The Labute approximate surface area is 162 Å². The molecule has 0 spiro atoms. The zero-order valence-electron chi connectivity index (χ0n) is 16.9. The highest BCUT2D eigenvalue weighted by molar-refractivity contribution is 7.99. The lowest BCUT2D eigenvalue weighted by molar-refractivity contribution is 0.312. The molecule has 2 heterocycles. The number of hydrogen-bond acceptors (Lipinski definition) is 5. The lowest BCUT2D eigenvalue weighted by Gasteiger charge is -2.33. The summed E-state index contributed by atoms with van der Waals surface area (Å²) in [4.78, 5) is 14.0. The number of piperazine rings is 1. The molecule has 2 rings (SSSR count). The van der Waals surface area contributed by atoms with E-state index in [4.69, 9.17) is 4.99 Å². The van der Waals surface area contributed by atoms with Crippen molar-refractivity contribution >= 4 is 23.5 Å². The van der Waals surface area contributed by atoms with Crippen LogP contribution < -0.4 is 15.5 Å². The van der Waals surface area contributed by atoms with Gasteiger partial charge in [-0.05, 0) is 45.7 Å². The van der Waals surface area contributed by atoms with Crippen LogP contribution in [0.3, 0.4) is 0 Å². The Morgan fingerprint density at radius 2 is 1.96 bits per heavy atom. The second-order valence-electron chi connectivity index (χ2n) is 7.33. The van der Waals surface area contributed by atoms with E-state index in [1.54, 1.807) is 0 Å². The Hall–Kier alpha value is -1.47. The minimum absolute atomic E-state index is 0.182. The number of nitrogens with one attached hydrogen (secondary N) is 2. The molecule has 1 aliphatic heterocycles. The maximum Gasteiger partial charge on any atom is 0.191 e. The van der Waals surface area contributed by atoms with Crippen LogP contribution in [0, 0.1) is 0 Å². The molecule has 1 aromatic heterocycles. The molecule has 0 bridgehead atoms. The van der Waals surface area contributed by atoms with Crippen molar-refractivity contribution in [1.82, 2.24) is 20.5 Å². The van der Waals surface area contributed by atoms with Crippen molar-refractivity contribution in [2.75, 3.05) is 57.5 Å². The molecular formula is C19H34N6S. The summed E-state index contributed by atoms with van der Waals surface area (Å²) in [6, 6.07) is 4.26. The Morgan fingerprint density at radius 1 is 1.23 bits per heavy atom. The number of hydrogen-bond donors (Lipinski definition) is 2. The first-order chi connectivity index (χ1) is 12.4. The van der Waals surface area contributed by atoms with Crippen molar-refractivity contribution in [2.45, 2.75) is 32.1 Å². The number of pyridine rings is 1. The summed E-state index contributed by atoms with van der Waals surface area (Å²) in [5, 5.41) is 6.75. The number of guanidine groups is 1. The van der Waals surface area contributed by atoms with E-state index in [0.29, 0.717) is 6.54 Å². The number of rotatable bonds is 7. The summed E-state index contributed by atoms with van der Waals surface area (Å²) in [5.41, 5.74) is 1.13. The zero-order valence-corrected chi connectivity index (χ0v) is 17.7. The van der Waals surface area contributed by atoms with Crippen LogP contribution in [0.1, 0.15) is 26.3 Å². The van der Waals surface area contributed by atoms with Crippen molar-refractivity contribution in [3.63, 3.8) is 0 Å². The topological polar surface area (TPSA) is 55.8 Å². The van der Waals surface area contributed by atoms with Gasteiger partial charge >= 0.3 is 0 Å². The number of aliphatic imine (C=N–C) groups is 1. The summed E-state index contributed by atoms with van der Waals surface area (Å²) in [6.07, 6.45) is 4.09. The normalized spacial score (nSPS) is 16.7. The molecule has 1 saturated heterocycles. The van der Waals surface area contributed by atoms with Gasteiger partial charge in [-0.3, -0.25) is 0 Å². The molecule has 0 saturated carbocycles. The standard InChI is InChI=1S/C19H34N6S/c1-6-20-18(23-15-19(2,3)26-5)22-14-16-7-8-17(21-13-16)25-11-9-24(4)10-12-25/h7-8,13H,6,9-12,14-15H2,1-5H3,(H2,20,22,23). The molecule has 1 aromatic rings. The van der Waals surface area contributed by atoms with Crippen LogP contribution >= 0.6 is 11.8 Å². The highest BCUT2D eigenvalue weighted by Gasteiger charge is 2.16. The summed E-state index contributed by atoms with van der Waals surface area (Å²) < 4.78 is 0.182. The highest BCUT2D eigenvalue weighted by atomic mass is 32.2. The third-order valence-electron chi connectivity index (χ3n) is 4.63. The molecule has 0 radical (unpaired) electrons. The molecule has 7 heteroatoms. The lowest BCUT2D eigenvalue weighted by Crippen LogP contribution is -2.44. The number of aromatic nitrogens is 1. The molecule has 6 nitrogen and oxygen atoms in total. The first-order valence-electron chi connectivity index (χ1n) is 9.39. The van der Waals surface area contributed by atoms with Gasteiger partial charge in [0.05, 0.1) is 6.54 Å². The molecule has 0 aliphatic carbocycles. The van der Waals surface area contributed by atoms with Crippen molar-refractivity contribution in [3.05, 3.63) is 23.9 Å². The Kier molecular flexibility index (Phi) is 8.03. The smallest absolute Gasteiger partial charge is 0.191 e. The highest BCUT2D eigenvalue weighted by Crippen LogP contribution is 2.19. The Morgan fingerprint density at radius 3 is 2.54 bits per heavy atom. The van der Waals surface area contributed by atoms with E-state index in [9.17, 15) is 0 Å². The van der Waals surface area contributed by atoms with Crippen LogP contribution in [0.2, 0.25) is 0 Å². The monoisotopic (exact) mass is 378 g/mol. The SMILES string of the molecule is CCNC(=NCc1ccc(N2CCN(C)CC2)nc1)NCC(C)(C)SC. The van der Waals surface area contributed by atoms with E-state index in [1.165, 1.54) is 0 Å². The summed E-state index contributed by atoms with van der Waals surface area (Å²) in [7, 11) is 2.17. The van der Waals surface area contributed by atoms with Gasteiger partial charge in [0.2, 0.25) is 0 Å². The van der Waals surface area contributed by atoms with Gasteiger partial charge in [0.15, 0.2) is 5.96 Å². The lowest BCUT2D eigenvalue weighted by atomic mass is 10.2. The summed E-state index contributed by atoms with van der Waals surface area (Å²) >= 11 is 1.85. The van der Waals surface area contributed by atoms with Crippen LogP contribution in [0.25, 0.3) is 0 Å². The van der Waals surface area contributed by atoms with Crippen LogP contribution in [0.15, 0.2) is 23.3 Å². The molecule has 1 fully saturated rings. The second-order valence-corrected chi connectivity index (χ2v) is 8.84. The van der Waals surface area contributed by atoms with Gasteiger partial charge in [0.1, 0.15) is 5.82 Å². The van der Waals surface area contributed by atoms with Gasteiger partial charge in [0.25, 0.3) is 0 Å². The van der Waals surface area contributed by atoms with E-state index in [-0.39, 0.29) is 4.75 Å². The first-order valence-corrected chi connectivity index (χ1v) is 10.6. The first kappa shape index (κ1) is 20.8. The van der Waals surface area contributed by atoms with Crippen LogP contribution in [0.5, 0.6) is 0 Å². The maximum atomic E-state index is 4.70. The Balaban J connectivity index is 1.92. The Bertz CT molecular complexity index is 564. The van der Waals surface area contributed by atoms with Gasteiger partial charge in [0, 0.05) is 50.2 Å². The van der Waals surface area contributed by atoms with Crippen molar-refractivity contribution < 1.29 is 0 Å². The number of thioether (sulfide) groups is 1. The molecular weight excluding hydrogens is 344 g/mol. The predicted molar refractivity (Wildman–Crippen MR) is 114 cm³/mol. The molecule has 1 aliphatic rings. The third-order valence-corrected chi connectivity index (χ3v) is 5.88. The molecule has 0 atom stereocenters. The van der Waals surface area contributed by atoms with E-state index in [2.05, 4.69) is 71.6 Å². The van der Waals surface area contributed by atoms with E-state index >= 15 is 0 Å². The fourth-order valence-electron chi connectivity index (χ4n) is 2.61. The fourth-order valence-corrected chi connectivity index (χ4v) is 2.83. The van der Waals surface area contributed by atoms with Crippen LogP contribution in [-0.4, -0.2) is 73.2 Å². The summed E-state index contributed by atoms with van der Waals surface area (Å²) in [5.74, 6) is 1.93. The van der Waals surface area contributed by atoms with E-state index in [1.807, 2.05) is 18.0 Å². The molecule has 0 amide bonds. The molecule has 26 heavy (non-hydrogen) atoms. The number of nitrogens with zero attached hydrogens (tertiary/aromatic N) is 4. The zero-order chi connectivity index (χ0) is 19.0. The average Bonchev–Trinajstić information content (AvgIpc) is 2.65. The minimum atomic E-state index is 0.182. The van der Waals surface area contributed by atoms with Crippen LogP contribution in [0.4, 0.5) is 5.82 Å². The second kappa shape index (κ2) is 10.0. The molecule has 0 aromatic carbocycles. The van der Waals surface area contributed by atoms with Gasteiger partial charge in [-0.25, -0.2) is 9.98 Å². The van der Waals surface area contributed by atoms with Gasteiger partial charge < -0.3 is 20.4 Å². The van der Waals surface area contributed by atoms with Gasteiger partial charge in [-0.2, -0.15) is 11.8 Å². The minimum Gasteiger partial charge on any atom is -0.357 e. The molecule has 0 unspecified atom stereocenters.